The van der Waals surface area contributed by atoms with Crippen LogP contribution in [0.2, 0.25) is 0 Å². The first-order valence-electron chi connectivity index (χ1n) is 43.3. The van der Waals surface area contributed by atoms with Gasteiger partial charge in [-0.05, 0) is 0 Å². The summed E-state index contributed by atoms with van der Waals surface area (Å²) in [7, 11) is 0. The molecule has 11 aliphatic heterocycles. The molecule has 0 unspecified atom stereocenters. The lowest BCUT2D eigenvalue weighted by Gasteiger charge is -2.51. The SMILES string of the molecule is CC(=O)N[C@H]1[C@H](O[C@@H]2[C@@H](OC[C@H]3O[C@H](O[C@H]4[C@H](O)[C@H]5N=C(C)O[C@H]5O[C@@H]4CO)[C@@H](O)[C@@H](O[C@H]4O[C@H](CO)[C@@H](O)[C@H](O)[C@@H]4O[C@@H]4O[C@H](CO)[C@@H](O[C@@H]5O[C@H](CO[C@]6(C(=O)O)C[C@H](O)[C@@H](NC(C)=O)[C@H]([C@H](O)[C@H](O)CO)O6)[C@H](O)[C@H](O)[C@H]5O)[C@H](O)[C@H]4NC(C)=O)[C@@H]3O)O[C@H](CO)[C@@H](O)[C@@H]2O)O[C@H](CO)[C@@H](O[C@@H]2O[C@H](CO[C@]3(C(=O)O)C[C@H](O)[C@@H](NC(C)=O)[C@H]([C@H](O)[C@H](O)CO)O3)[C@H](O)[C@H](O)[C@H]2O)[C@@H]1O. The van der Waals surface area contributed by atoms with E-state index in [9.17, 15) is 182 Å². The molecule has 11 heterocycles. The number of nitrogens with zero attached hydrogens (tertiary/aromatic N) is 1. The van der Waals surface area contributed by atoms with Crippen LogP contribution in [0.4, 0.5) is 0 Å². The number of aliphatic imine (C=N–C) groups is 1. The third-order valence-corrected chi connectivity index (χ3v) is 25.0. The van der Waals surface area contributed by atoms with Crippen molar-refractivity contribution in [3.05, 3.63) is 0 Å². The fourth-order valence-electron chi connectivity index (χ4n) is 17.7. The van der Waals surface area contributed by atoms with Crippen LogP contribution in [0, 0.1) is 0 Å². The van der Waals surface area contributed by atoms with Crippen molar-refractivity contribution in [3.8, 4) is 0 Å². The summed E-state index contributed by atoms with van der Waals surface area (Å²) in [5, 5.41) is 345. The van der Waals surface area contributed by atoms with Gasteiger partial charge in [0.15, 0.2) is 49.9 Å². The quantitative estimate of drug-likeness (QED) is 0.0273. The molecule has 0 aromatic carbocycles. The van der Waals surface area contributed by atoms with Crippen molar-refractivity contribution in [1.82, 2.24) is 21.3 Å². The number of rotatable bonds is 38. The first kappa shape index (κ1) is 112. The molecule has 0 aromatic rings. The maximum absolute atomic E-state index is 13.2. The maximum atomic E-state index is 13.2. The number of hydrogen-bond acceptors (Lipinski definition) is 55. The van der Waals surface area contributed by atoms with Gasteiger partial charge in [0.05, 0.1) is 90.4 Å². The minimum Gasteiger partial charge on any atom is -0.477 e. The van der Waals surface area contributed by atoms with Crippen LogP contribution in [0.5, 0.6) is 0 Å². The monoisotopic (exact) mass is 2000 g/mol. The average Bonchev–Trinajstić information content (AvgIpc) is 1.46. The molecule has 0 saturated carbocycles. The Morgan fingerprint density at radius 2 is 0.672 bits per heavy atom. The summed E-state index contributed by atoms with van der Waals surface area (Å²) < 4.78 is 118. The van der Waals surface area contributed by atoms with Crippen LogP contribution in [0.15, 0.2) is 4.99 Å². The van der Waals surface area contributed by atoms with Crippen LogP contribution in [-0.2, 0) is 124 Å². The highest BCUT2D eigenvalue weighted by Gasteiger charge is 2.64. The zero-order valence-electron chi connectivity index (χ0n) is 73.3. The van der Waals surface area contributed by atoms with Gasteiger partial charge in [0, 0.05) is 47.5 Å². The fourth-order valence-corrected chi connectivity index (χ4v) is 17.7. The van der Waals surface area contributed by atoms with Gasteiger partial charge in [-0.2, -0.15) is 0 Å². The highest BCUT2D eigenvalue weighted by molar-refractivity contribution is 5.78. The standard InChI is InChI=1S/C76H123N5O56/c1-18(89)77-35-23(93)6-75(73(114)115,136-60(35)40(97)25(95)8-82)119-16-33-44(101)50(107)54(111)68(128-33)130-57-30(13-87)125-66(37(47(57)104)79-20(3)91)134-63-52(109)42(99)27(10-84)122-71(63)118-15-32-46(103)62(56(113)70(127-32)132-59-29(12-86)124-65-39(49(59)106)81-22(5)121-65)133-72-64(53(110)43(100)28(11-85)123-72)135-67-38(80-21(4)92)48(105)58(31(14-88)126-67)131-69-55(112)51(108)45(102)34(129-69)17-120-76(74(116)117)7-24(94)36(78-19(2)90)61(137-76)41(98)26(96)9-83/h23-72,82-88,93-113H,6-17H2,1-5H3,(H,77,89)(H,78,90)(H,79,91)(H,80,92)(H,114,115)(H,116,117)/t23-,24-,25+,26+,27+,28+,29+,30+,31+,32+,33+,34+,35+,36+,37+,38+,39+,40+,41+,42+,43+,44-,45-,46+,47+,48+,49+,50-,51-,52-,53-,54+,55+,56-,57+,58+,59+,60+,61+,62-,63-,64-,65-,66-,67-,68-,69-,70+,71-,72+,75+,76+/m0/s1. The molecule has 11 aliphatic rings. The number of ether oxygens (including phenoxy) is 20. The molecule has 11 rings (SSSR count). The van der Waals surface area contributed by atoms with E-state index in [1.807, 2.05) is 0 Å². The molecule has 0 aliphatic carbocycles. The van der Waals surface area contributed by atoms with E-state index in [4.69, 9.17) is 94.7 Å². The molecule has 788 valence electrons. The number of amides is 4. The molecule has 10 fully saturated rings. The van der Waals surface area contributed by atoms with E-state index in [0.717, 1.165) is 27.7 Å². The van der Waals surface area contributed by atoms with E-state index in [0.29, 0.717) is 0 Å². The predicted molar refractivity (Wildman–Crippen MR) is 420 cm³/mol. The van der Waals surface area contributed by atoms with E-state index < -0.39 is 432 Å². The van der Waals surface area contributed by atoms with Crippen LogP contribution in [0.25, 0.3) is 0 Å². The number of carbonyl (C=O) groups is 6. The van der Waals surface area contributed by atoms with E-state index in [1.165, 1.54) is 6.92 Å². The lowest BCUT2D eigenvalue weighted by molar-refractivity contribution is -0.397. The molecule has 34 N–H and O–H groups in total. The number of carbonyl (C=O) groups excluding carboxylic acids is 4. The lowest BCUT2D eigenvalue weighted by atomic mass is 9.88. The van der Waals surface area contributed by atoms with Crippen molar-refractivity contribution in [3.63, 3.8) is 0 Å². The van der Waals surface area contributed by atoms with Gasteiger partial charge < -0.3 is 269 Å². The number of nitrogens with one attached hydrogen (secondary N) is 4. The van der Waals surface area contributed by atoms with Crippen LogP contribution in [0.3, 0.4) is 0 Å². The van der Waals surface area contributed by atoms with Crippen LogP contribution in [-0.4, -0.2) is 579 Å². The van der Waals surface area contributed by atoms with Gasteiger partial charge in [-0.15, -0.1) is 0 Å². The Kier molecular flexibility index (Phi) is 38.8. The second-order valence-electron chi connectivity index (χ2n) is 34.6. The fraction of sp³-hybridized carbons (Fsp3) is 0.908. The normalized spacial score (nSPS) is 46.8. The minimum atomic E-state index is -3.10. The number of carboxylic acid groups (broad SMARTS) is 2. The number of fused-ring (bicyclic) bond motifs is 1. The Hall–Kier alpha value is -5.59. The van der Waals surface area contributed by atoms with Crippen LogP contribution >= 0.6 is 0 Å². The molecule has 4 amide bonds. The van der Waals surface area contributed by atoms with Crippen molar-refractivity contribution in [2.45, 2.75) is 365 Å². The Morgan fingerprint density at radius 1 is 0.350 bits per heavy atom. The highest BCUT2D eigenvalue weighted by Crippen LogP contribution is 2.43. The Morgan fingerprint density at radius 3 is 1.05 bits per heavy atom. The van der Waals surface area contributed by atoms with Gasteiger partial charge in [-0.1, -0.05) is 0 Å². The molecule has 0 aromatic heterocycles. The van der Waals surface area contributed by atoms with Gasteiger partial charge >= 0.3 is 11.9 Å². The lowest BCUT2D eigenvalue weighted by Crippen LogP contribution is -2.70. The summed E-state index contributed by atoms with van der Waals surface area (Å²) in [4.78, 5) is 80.9. The maximum Gasteiger partial charge on any atom is 0.364 e. The summed E-state index contributed by atoms with van der Waals surface area (Å²) >= 11 is 0. The Labute approximate surface area is 773 Å². The van der Waals surface area contributed by atoms with E-state index >= 15 is 0 Å². The number of hydrogen-bond donors (Lipinski definition) is 34. The molecule has 52 atom stereocenters. The second kappa shape index (κ2) is 47.5. The number of aliphatic hydroxyl groups excluding tert-OH is 28. The van der Waals surface area contributed by atoms with Crippen molar-refractivity contribution in [2.24, 2.45) is 4.99 Å². The molecule has 0 spiro atoms. The third kappa shape index (κ3) is 24.3. The summed E-state index contributed by atoms with van der Waals surface area (Å²) in [6.45, 7) is -6.78. The predicted octanol–water partition coefficient (Wildman–Crippen LogP) is -22.4. The molecule has 0 bridgehead atoms. The molecule has 61 nitrogen and oxygen atoms in total. The Balaban J connectivity index is 0.839. The molecule has 137 heavy (non-hydrogen) atoms. The number of carboxylic acids is 2. The van der Waals surface area contributed by atoms with Crippen LogP contribution < -0.4 is 21.3 Å². The van der Waals surface area contributed by atoms with Gasteiger partial charge in [-0.3, -0.25) is 19.2 Å². The molecule has 61 heteroatoms. The van der Waals surface area contributed by atoms with Crippen LogP contribution in [0.1, 0.15) is 47.5 Å². The van der Waals surface area contributed by atoms with Gasteiger partial charge in [0.1, 0.15) is 232 Å². The molecular weight excluding hydrogens is 1880 g/mol. The zero-order chi connectivity index (χ0) is 101. The van der Waals surface area contributed by atoms with Crippen molar-refractivity contribution < 1.29 is 277 Å². The molecule has 0 radical (unpaired) electrons. The molecule has 10 saturated heterocycles. The van der Waals surface area contributed by atoms with Gasteiger partial charge in [0.25, 0.3) is 11.6 Å². The zero-order valence-corrected chi connectivity index (χ0v) is 73.3. The Bertz CT molecular complexity index is 3960. The van der Waals surface area contributed by atoms with E-state index in [2.05, 4.69) is 26.3 Å². The number of aliphatic hydroxyl groups is 28. The highest BCUT2D eigenvalue weighted by atomic mass is 16.8. The average molecular weight is 2000 g/mol. The topological polar surface area (TPSA) is 954 Å². The third-order valence-electron chi connectivity index (χ3n) is 25.0. The van der Waals surface area contributed by atoms with Crippen molar-refractivity contribution in [2.75, 3.05) is 66.1 Å². The summed E-state index contributed by atoms with van der Waals surface area (Å²) in [6.07, 6.45) is -100. The number of aliphatic carboxylic acids is 2. The van der Waals surface area contributed by atoms with Gasteiger partial charge in [-0.25, -0.2) is 14.6 Å². The molecular formula is C76H123N5O56. The van der Waals surface area contributed by atoms with Crippen molar-refractivity contribution >= 4 is 41.5 Å². The first-order chi connectivity index (χ1) is 64.6. The second-order valence-corrected chi connectivity index (χ2v) is 34.6. The summed E-state index contributed by atoms with van der Waals surface area (Å²) in [6, 6.07) is -8.82. The summed E-state index contributed by atoms with van der Waals surface area (Å²) in [5.74, 6) is -14.0. The summed E-state index contributed by atoms with van der Waals surface area (Å²) in [5.41, 5.74) is 0. The van der Waals surface area contributed by atoms with E-state index in [-0.39, 0.29) is 5.90 Å². The first-order valence-corrected chi connectivity index (χ1v) is 43.3. The van der Waals surface area contributed by atoms with E-state index in [1.54, 1.807) is 0 Å². The smallest absolute Gasteiger partial charge is 0.364 e. The van der Waals surface area contributed by atoms with Gasteiger partial charge in [0.2, 0.25) is 29.9 Å². The minimum absolute atomic E-state index is 0.0176. The van der Waals surface area contributed by atoms with Crippen molar-refractivity contribution in [1.29, 1.82) is 0 Å². The largest absolute Gasteiger partial charge is 0.477 e.